The molecular weight excluding hydrogens is 607 g/mol. The Bertz CT molecular complexity index is 1630. The third-order valence-electron chi connectivity index (χ3n) is 7.49. The first kappa shape index (κ1) is 33.8. The van der Waals surface area contributed by atoms with E-state index in [2.05, 4.69) is 26.8 Å². The van der Waals surface area contributed by atoms with Gasteiger partial charge in [-0.25, -0.2) is 13.1 Å². The van der Waals surface area contributed by atoms with Gasteiger partial charge in [-0.3, -0.25) is 9.59 Å². The minimum Gasteiger partial charge on any atom is -0.494 e. The highest BCUT2D eigenvalue weighted by molar-refractivity contribution is 7.90. The van der Waals surface area contributed by atoms with Crippen LogP contribution in [0.2, 0.25) is 0 Å². The fourth-order valence-electron chi connectivity index (χ4n) is 4.96. The molecule has 0 bridgehead atoms. The summed E-state index contributed by atoms with van der Waals surface area (Å²) in [4.78, 5) is 29.9. The van der Waals surface area contributed by atoms with E-state index in [1.54, 1.807) is 16.9 Å². The van der Waals surface area contributed by atoms with Gasteiger partial charge in [-0.2, -0.15) is 13.2 Å². The summed E-state index contributed by atoms with van der Waals surface area (Å²) in [5.41, 5.74) is 4.13. The highest BCUT2D eigenvalue weighted by atomic mass is 32.2. The summed E-state index contributed by atoms with van der Waals surface area (Å²) in [6, 6.07) is 19.9. The van der Waals surface area contributed by atoms with E-state index in [1.807, 2.05) is 53.1 Å². The number of alkyl halides is 3. The molecule has 1 aliphatic rings. The molecule has 1 fully saturated rings. The number of halogens is 3. The van der Waals surface area contributed by atoms with Gasteiger partial charge in [0.25, 0.3) is 11.8 Å². The number of anilines is 1. The van der Waals surface area contributed by atoms with E-state index in [1.165, 1.54) is 12.1 Å². The molecule has 0 aromatic heterocycles. The van der Waals surface area contributed by atoms with Gasteiger partial charge in [-0.15, -0.1) is 0 Å². The number of piperazine rings is 1. The number of carbonyl (C=O) groups excluding carboxylic acids is 2. The van der Waals surface area contributed by atoms with E-state index in [9.17, 15) is 31.2 Å². The SMILES string of the molecule is CCOc1cccc(-c2cc(C(=O)N3CCN(c4ccc(C(=O)NS(=O)(=O)CCC(F)(F)F)cc4)CC3)cc(C(C)(C)C)c2)c1. The van der Waals surface area contributed by atoms with Crippen LogP contribution in [0.15, 0.2) is 66.7 Å². The van der Waals surface area contributed by atoms with E-state index < -0.39 is 34.3 Å². The molecule has 4 rings (SSSR count). The molecule has 0 radical (unpaired) electrons. The van der Waals surface area contributed by atoms with Crippen LogP contribution in [-0.2, 0) is 15.4 Å². The Morgan fingerprint density at radius 3 is 2.13 bits per heavy atom. The number of hydrogen-bond acceptors (Lipinski definition) is 6. The van der Waals surface area contributed by atoms with E-state index in [0.29, 0.717) is 38.3 Å². The van der Waals surface area contributed by atoms with Crippen molar-refractivity contribution in [2.75, 3.05) is 43.4 Å². The normalized spacial score (nSPS) is 14.3. The molecule has 45 heavy (non-hydrogen) atoms. The van der Waals surface area contributed by atoms with E-state index >= 15 is 0 Å². The monoisotopic (exact) mass is 645 g/mol. The predicted molar refractivity (Wildman–Crippen MR) is 168 cm³/mol. The summed E-state index contributed by atoms with van der Waals surface area (Å²) in [7, 11) is -4.44. The zero-order valence-corrected chi connectivity index (χ0v) is 26.6. The largest absolute Gasteiger partial charge is 0.494 e. The molecule has 0 unspecified atom stereocenters. The van der Waals surface area contributed by atoms with Gasteiger partial charge >= 0.3 is 6.18 Å². The molecule has 1 saturated heterocycles. The van der Waals surface area contributed by atoms with Gasteiger partial charge in [0.05, 0.1) is 18.8 Å². The second kappa shape index (κ2) is 13.5. The summed E-state index contributed by atoms with van der Waals surface area (Å²) >= 11 is 0. The number of hydrogen-bond donors (Lipinski definition) is 1. The number of rotatable bonds is 9. The molecular formula is C33H38F3N3O5S. The number of benzene rings is 3. The van der Waals surface area contributed by atoms with Gasteiger partial charge in [-0.05, 0) is 77.6 Å². The first-order valence-corrected chi connectivity index (χ1v) is 16.3. The third kappa shape index (κ3) is 9.23. The zero-order valence-electron chi connectivity index (χ0n) is 25.8. The van der Waals surface area contributed by atoms with Crippen LogP contribution in [-0.4, -0.2) is 69.8 Å². The minimum atomic E-state index is -4.65. The Labute approximate surface area is 262 Å². The van der Waals surface area contributed by atoms with Crippen molar-refractivity contribution < 1.29 is 35.9 Å². The maximum absolute atomic E-state index is 13.7. The lowest BCUT2D eigenvalue weighted by Gasteiger charge is -2.36. The van der Waals surface area contributed by atoms with Gasteiger partial charge in [0, 0.05) is 43.0 Å². The molecule has 0 saturated carbocycles. The van der Waals surface area contributed by atoms with Crippen LogP contribution in [0.3, 0.4) is 0 Å². The van der Waals surface area contributed by atoms with Crippen molar-refractivity contribution in [2.24, 2.45) is 0 Å². The van der Waals surface area contributed by atoms with Crippen molar-refractivity contribution in [2.45, 2.75) is 45.7 Å². The average Bonchev–Trinajstić information content (AvgIpc) is 2.99. The third-order valence-corrected chi connectivity index (χ3v) is 8.73. The Morgan fingerprint density at radius 2 is 1.53 bits per heavy atom. The second-order valence-electron chi connectivity index (χ2n) is 12.0. The molecule has 0 atom stereocenters. The van der Waals surface area contributed by atoms with Gasteiger partial charge in [0.2, 0.25) is 10.0 Å². The molecule has 1 N–H and O–H groups in total. The van der Waals surface area contributed by atoms with Crippen LogP contribution in [0.1, 0.15) is 60.4 Å². The molecule has 0 aliphatic carbocycles. The van der Waals surface area contributed by atoms with Crippen molar-refractivity contribution in [1.82, 2.24) is 9.62 Å². The van der Waals surface area contributed by atoms with Crippen molar-refractivity contribution >= 4 is 27.5 Å². The molecule has 1 heterocycles. The van der Waals surface area contributed by atoms with Gasteiger partial charge < -0.3 is 14.5 Å². The topological polar surface area (TPSA) is 96.0 Å². The number of amides is 2. The van der Waals surface area contributed by atoms with Crippen LogP contribution in [0.25, 0.3) is 11.1 Å². The second-order valence-corrected chi connectivity index (χ2v) is 13.8. The molecule has 2 amide bonds. The molecule has 3 aromatic carbocycles. The van der Waals surface area contributed by atoms with Gasteiger partial charge in [0.15, 0.2) is 0 Å². The lowest BCUT2D eigenvalue weighted by atomic mass is 9.84. The van der Waals surface area contributed by atoms with Crippen molar-refractivity contribution in [3.8, 4) is 16.9 Å². The number of sulfonamides is 1. The Balaban J connectivity index is 1.43. The quantitative estimate of drug-likeness (QED) is 0.306. The summed E-state index contributed by atoms with van der Waals surface area (Å²) < 4.78 is 68.3. The first-order valence-electron chi connectivity index (χ1n) is 14.7. The zero-order chi connectivity index (χ0) is 33.0. The molecule has 8 nitrogen and oxygen atoms in total. The van der Waals surface area contributed by atoms with Crippen LogP contribution in [0.4, 0.5) is 18.9 Å². The molecule has 1 aliphatic heterocycles. The number of carbonyl (C=O) groups is 2. The van der Waals surface area contributed by atoms with E-state index in [-0.39, 0.29) is 16.9 Å². The number of nitrogens with one attached hydrogen (secondary N) is 1. The summed E-state index contributed by atoms with van der Waals surface area (Å²) in [6.07, 6.45) is -6.20. The summed E-state index contributed by atoms with van der Waals surface area (Å²) in [6.45, 7) is 10.8. The molecule has 242 valence electrons. The highest BCUT2D eigenvalue weighted by Gasteiger charge is 2.31. The smallest absolute Gasteiger partial charge is 0.390 e. The Hall–Kier alpha value is -4.06. The fraction of sp³-hybridized carbons (Fsp3) is 0.394. The Kier molecular flexibility index (Phi) is 10.2. The van der Waals surface area contributed by atoms with Gasteiger partial charge in [-0.1, -0.05) is 39.0 Å². The molecule has 12 heteroatoms. The highest BCUT2D eigenvalue weighted by Crippen LogP contribution is 2.32. The molecule has 3 aromatic rings. The van der Waals surface area contributed by atoms with Crippen molar-refractivity contribution in [1.29, 1.82) is 0 Å². The lowest BCUT2D eigenvalue weighted by Crippen LogP contribution is -2.48. The van der Waals surface area contributed by atoms with E-state index in [4.69, 9.17) is 4.74 Å². The maximum Gasteiger partial charge on any atom is 0.390 e. The van der Waals surface area contributed by atoms with Crippen LogP contribution in [0, 0.1) is 0 Å². The predicted octanol–water partition coefficient (Wildman–Crippen LogP) is 6.02. The minimum absolute atomic E-state index is 0.00414. The van der Waals surface area contributed by atoms with E-state index in [0.717, 1.165) is 28.1 Å². The summed E-state index contributed by atoms with van der Waals surface area (Å²) in [5, 5.41) is 0. The standard InChI is InChI=1S/C33H38F3N3O5S/c1-5-44-29-8-6-7-24(22-29)25-19-26(21-27(20-25)32(2,3)4)31(41)39-16-14-38(15-17-39)28-11-9-23(10-12-28)30(40)37-45(42,43)18-13-33(34,35)36/h6-12,19-22H,5,13-18H2,1-4H3,(H,37,40). The number of nitrogens with zero attached hydrogens (tertiary/aromatic N) is 2. The van der Waals surface area contributed by atoms with Crippen molar-refractivity contribution in [3.05, 3.63) is 83.4 Å². The van der Waals surface area contributed by atoms with Gasteiger partial charge in [0.1, 0.15) is 5.75 Å². The maximum atomic E-state index is 13.7. The summed E-state index contributed by atoms with van der Waals surface area (Å²) in [5.74, 6) is -1.53. The fourth-order valence-corrected chi connectivity index (χ4v) is 5.96. The lowest BCUT2D eigenvalue weighted by molar-refractivity contribution is -0.130. The van der Waals surface area contributed by atoms with Crippen LogP contribution in [0.5, 0.6) is 5.75 Å². The van der Waals surface area contributed by atoms with Crippen molar-refractivity contribution in [3.63, 3.8) is 0 Å². The molecule has 0 spiro atoms. The Morgan fingerprint density at radius 1 is 0.867 bits per heavy atom. The average molecular weight is 646 g/mol. The first-order chi connectivity index (χ1) is 21.0. The van der Waals surface area contributed by atoms with Crippen LogP contribution >= 0.6 is 0 Å². The number of ether oxygens (including phenoxy) is 1. The van der Waals surface area contributed by atoms with Crippen LogP contribution < -0.4 is 14.4 Å².